The molecule has 0 N–H and O–H groups in total. The van der Waals surface area contributed by atoms with Crippen LogP contribution in [-0.2, 0) is 0 Å². The third-order valence-corrected chi connectivity index (χ3v) is 2.20. The maximum absolute atomic E-state index is 5.66. The summed E-state index contributed by atoms with van der Waals surface area (Å²) >= 11 is 5.66. The van der Waals surface area contributed by atoms with Gasteiger partial charge in [-0.05, 0) is 12.8 Å². The van der Waals surface area contributed by atoms with E-state index in [1.165, 1.54) is 25.5 Å². The van der Waals surface area contributed by atoms with E-state index in [2.05, 4.69) is 15.2 Å². The van der Waals surface area contributed by atoms with Crippen LogP contribution in [-0.4, -0.2) is 15.2 Å². The number of aromatic nitrogens is 3. The highest BCUT2D eigenvalue weighted by atomic mass is 35.5. The molecule has 0 radical (unpaired) electrons. The first-order valence-corrected chi connectivity index (χ1v) is 4.09. The Morgan fingerprint density at radius 2 is 2.27 bits per heavy atom. The first-order chi connectivity index (χ1) is 5.36. The van der Waals surface area contributed by atoms with Gasteiger partial charge in [0, 0.05) is 5.92 Å². The van der Waals surface area contributed by atoms with Crippen molar-refractivity contribution in [1.29, 1.82) is 0 Å². The Labute approximate surface area is 69.8 Å². The fourth-order valence-electron chi connectivity index (χ4n) is 1.14. The largest absolute Gasteiger partial charge is 0.217 e. The fourth-order valence-corrected chi connectivity index (χ4v) is 1.27. The third-order valence-electron chi connectivity index (χ3n) is 2.02. The van der Waals surface area contributed by atoms with E-state index >= 15 is 0 Å². The van der Waals surface area contributed by atoms with E-state index in [1.807, 2.05) is 0 Å². The quantitative estimate of drug-likeness (QED) is 0.644. The summed E-state index contributed by atoms with van der Waals surface area (Å²) in [6.07, 6.45) is 5.11. The van der Waals surface area contributed by atoms with Crippen LogP contribution >= 0.6 is 11.6 Å². The second kappa shape index (κ2) is 2.74. The molecule has 0 spiro atoms. The van der Waals surface area contributed by atoms with Gasteiger partial charge in [0.15, 0.2) is 11.0 Å². The molecule has 0 atom stereocenters. The van der Waals surface area contributed by atoms with E-state index < -0.39 is 0 Å². The van der Waals surface area contributed by atoms with Crippen molar-refractivity contribution in [3.05, 3.63) is 17.2 Å². The lowest BCUT2D eigenvalue weighted by Gasteiger charge is -2.22. The van der Waals surface area contributed by atoms with Crippen molar-refractivity contribution in [2.45, 2.75) is 25.2 Å². The Hall–Kier alpha value is -0.700. The Morgan fingerprint density at radius 1 is 1.45 bits per heavy atom. The van der Waals surface area contributed by atoms with Crippen molar-refractivity contribution in [3.63, 3.8) is 0 Å². The van der Waals surface area contributed by atoms with Gasteiger partial charge in [-0.3, -0.25) is 0 Å². The molecule has 4 heteroatoms. The topological polar surface area (TPSA) is 38.7 Å². The first-order valence-electron chi connectivity index (χ1n) is 3.71. The predicted molar refractivity (Wildman–Crippen MR) is 41.4 cm³/mol. The number of hydrogen-bond donors (Lipinski definition) is 0. The highest BCUT2D eigenvalue weighted by molar-refractivity contribution is 6.29. The van der Waals surface area contributed by atoms with E-state index in [0.29, 0.717) is 11.1 Å². The van der Waals surface area contributed by atoms with Crippen LogP contribution in [0.5, 0.6) is 0 Å². The molecular weight excluding hydrogens is 162 g/mol. The Balaban J connectivity index is 2.23. The molecule has 1 aromatic heterocycles. The maximum Gasteiger partial charge on any atom is 0.155 e. The zero-order chi connectivity index (χ0) is 7.68. The van der Waals surface area contributed by atoms with Crippen molar-refractivity contribution < 1.29 is 0 Å². The maximum atomic E-state index is 5.66. The molecule has 1 fully saturated rings. The molecule has 1 heterocycles. The molecule has 11 heavy (non-hydrogen) atoms. The Bertz CT molecular complexity index is 260. The molecule has 0 aliphatic heterocycles. The van der Waals surface area contributed by atoms with Crippen LogP contribution in [0.1, 0.15) is 31.0 Å². The summed E-state index contributed by atoms with van der Waals surface area (Å²) < 4.78 is 0. The normalized spacial score (nSPS) is 17.9. The van der Waals surface area contributed by atoms with Crippen molar-refractivity contribution in [3.8, 4) is 0 Å². The summed E-state index contributed by atoms with van der Waals surface area (Å²) in [5, 5.41) is 8.10. The molecule has 58 valence electrons. The summed E-state index contributed by atoms with van der Waals surface area (Å²) in [5.74, 6) is 1.32. The third kappa shape index (κ3) is 1.33. The van der Waals surface area contributed by atoms with Gasteiger partial charge in [-0.25, -0.2) is 4.98 Å². The van der Waals surface area contributed by atoms with Crippen molar-refractivity contribution in [2.24, 2.45) is 0 Å². The lowest BCUT2D eigenvalue weighted by atomic mass is 9.85. The van der Waals surface area contributed by atoms with E-state index in [1.54, 1.807) is 0 Å². The van der Waals surface area contributed by atoms with Gasteiger partial charge < -0.3 is 0 Å². The average molecular weight is 170 g/mol. The predicted octanol–water partition coefficient (Wildman–Crippen LogP) is 1.79. The lowest BCUT2D eigenvalue weighted by Crippen LogP contribution is -2.13. The minimum Gasteiger partial charge on any atom is -0.217 e. The van der Waals surface area contributed by atoms with Crippen LogP contribution in [0.2, 0.25) is 5.15 Å². The minimum absolute atomic E-state index is 0.446. The average Bonchev–Trinajstić information content (AvgIpc) is 1.83. The lowest BCUT2D eigenvalue weighted by molar-refractivity contribution is 0.397. The summed E-state index contributed by atoms with van der Waals surface area (Å²) in [6, 6.07) is 0. The molecule has 0 saturated heterocycles. The van der Waals surface area contributed by atoms with Crippen LogP contribution in [0.4, 0.5) is 0 Å². The first kappa shape index (κ1) is 6.98. The molecule has 2 rings (SSSR count). The molecule has 0 bridgehead atoms. The minimum atomic E-state index is 0.446. The van der Waals surface area contributed by atoms with E-state index in [4.69, 9.17) is 11.6 Å². The molecule has 3 nitrogen and oxygen atoms in total. The van der Waals surface area contributed by atoms with Crippen LogP contribution < -0.4 is 0 Å². The number of nitrogens with zero attached hydrogens (tertiary/aromatic N) is 3. The van der Waals surface area contributed by atoms with Crippen LogP contribution in [0.3, 0.4) is 0 Å². The second-order valence-electron chi connectivity index (χ2n) is 2.77. The van der Waals surface area contributed by atoms with Gasteiger partial charge in [-0.1, -0.05) is 18.0 Å². The summed E-state index contributed by atoms with van der Waals surface area (Å²) in [7, 11) is 0. The SMILES string of the molecule is Clc1cnnc(C2CCC2)n1. The smallest absolute Gasteiger partial charge is 0.155 e. The van der Waals surface area contributed by atoms with Gasteiger partial charge in [0.1, 0.15) is 0 Å². The summed E-state index contributed by atoms with van der Waals surface area (Å²) in [4.78, 5) is 4.09. The van der Waals surface area contributed by atoms with Crippen LogP contribution in [0, 0.1) is 0 Å². The van der Waals surface area contributed by atoms with Crippen LogP contribution in [0.25, 0.3) is 0 Å². The molecule has 1 aromatic rings. The van der Waals surface area contributed by atoms with Crippen molar-refractivity contribution >= 4 is 11.6 Å². The number of halogens is 1. The van der Waals surface area contributed by atoms with Gasteiger partial charge in [0.25, 0.3) is 0 Å². The van der Waals surface area contributed by atoms with Gasteiger partial charge in [0.2, 0.25) is 0 Å². The Morgan fingerprint density at radius 3 is 2.82 bits per heavy atom. The molecule has 1 saturated carbocycles. The highest BCUT2D eigenvalue weighted by Gasteiger charge is 2.22. The van der Waals surface area contributed by atoms with Gasteiger partial charge >= 0.3 is 0 Å². The fraction of sp³-hybridized carbons (Fsp3) is 0.571. The highest BCUT2D eigenvalue weighted by Crippen LogP contribution is 2.33. The van der Waals surface area contributed by atoms with Gasteiger partial charge in [-0.15, -0.1) is 5.10 Å². The van der Waals surface area contributed by atoms with Crippen molar-refractivity contribution in [1.82, 2.24) is 15.2 Å². The zero-order valence-corrected chi connectivity index (χ0v) is 6.75. The molecule has 0 unspecified atom stereocenters. The standard InChI is InChI=1S/C7H8ClN3/c8-6-4-9-11-7(10-6)5-2-1-3-5/h4-5H,1-3H2. The molecule has 1 aliphatic carbocycles. The second-order valence-corrected chi connectivity index (χ2v) is 3.15. The van der Waals surface area contributed by atoms with E-state index in [9.17, 15) is 0 Å². The summed E-state index contributed by atoms with van der Waals surface area (Å²) in [6.45, 7) is 0. The molecule has 1 aliphatic rings. The zero-order valence-electron chi connectivity index (χ0n) is 6.00. The number of hydrogen-bond acceptors (Lipinski definition) is 3. The molecule has 0 aromatic carbocycles. The monoisotopic (exact) mass is 169 g/mol. The van der Waals surface area contributed by atoms with Crippen molar-refractivity contribution in [2.75, 3.05) is 0 Å². The van der Waals surface area contributed by atoms with E-state index in [0.717, 1.165) is 5.82 Å². The molecular formula is C7H8ClN3. The Kier molecular flexibility index (Phi) is 1.74. The summed E-state index contributed by atoms with van der Waals surface area (Å²) in [5.41, 5.74) is 0. The number of rotatable bonds is 1. The van der Waals surface area contributed by atoms with Gasteiger partial charge in [-0.2, -0.15) is 5.10 Å². The van der Waals surface area contributed by atoms with Crippen LogP contribution in [0.15, 0.2) is 6.20 Å². The van der Waals surface area contributed by atoms with E-state index in [-0.39, 0.29) is 0 Å². The molecule has 0 amide bonds. The van der Waals surface area contributed by atoms with Gasteiger partial charge in [0.05, 0.1) is 6.20 Å².